The first kappa shape index (κ1) is 15.5. The lowest BCUT2D eigenvalue weighted by Gasteiger charge is -2.32. The summed E-state index contributed by atoms with van der Waals surface area (Å²) in [5.41, 5.74) is 8.43. The highest BCUT2D eigenvalue weighted by Crippen LogP contribution is 2.20. The highest BCUT2D eigenvalue weighted by Gasteiger charge is 2.18. The van der Waals surface area contributed by atoms with E-state index in [0.717, 1.165) is 19.0 Å². The van der Waals surface area contributed by atoms with Crippen LogP contribution in [-0.4, -0.2) is 24.5 Å². The molecule has 1 aliphatic heterocycles. The van der Waals surface area contributed by atoms with Crippen molar-refractivity contribution in [2.24, 2.45) is 11.7 Å². The molecule has 0 amide bonds. The molecule has 0 spiro atoms. The molecule has 102 valence electrons. The number of benzene rings is 1. The van der Waals surface area contributed by atoms with Gasteiger partial charge in [0.25, 0.3) is 0 Å². The van der Waals surface area contributed by atoms with Crippen molar-refractivity contribution in [1.82, 2.24) is 4.90 Å². The van der Waals surface area contributed by atoms with Gasteiger partial charge in [-0.05, 0) is 50.8 Å². The average molecular weight is 269 g/mol. The van der Waals surface area contributed by atoms with Crippen molar-refractivity contribution < 1.29 is 0 Å². The Bertz CT molecular complexity index is 335. The summed E-state index contributed by atoms with van der Waals surface area (Å²) in [6, 6.07) is 8.91. The molecule has 1 atom stereocenters. The molecule has 2 N–H and O–H groups in total. The van der Waals surface area contributed by atoms with E-state index in [1.807, 2.05) is 0 Å². The average Bonchev–Trinajstić information content (AvgIpc) is 2.33. The zero-order valence-corrected chi connectivity index (χ0v) is 12.1. The van der Waals surface area contributed by atoms with Crippen LogP contribution in [0.1, 0.15) is 30.4 Å². The molecule has 3 heteroatoms. The van der Waals surface area contributed by atoms with Crippen LogP contribution < -0.4 is 5.73 Å². The number of likely N-dealkylation sites (tertiary alicyclic amines) is 1. The van der Waals surface area contributed by atoms with Gasteiger partial charge in [-0.3, -0.25) is 4.90 Å². The molecule has 18 heavy (non-hydrogen) atoms. The number of hydrogen-bond donors (Lipinski definition) is 1. The van der Waals surface area contributed by atoms with E-state index < -0.39 is 0 Å². The number of piperidine rings is 1. The van der Waals surface area contributed by atoms with Crippen molar-refractivity contribution in [3.8, 4) is 0 Å². The second kappa shape index (κ2) is 7.78. The van der Waals surface area contributed by atoms with Gasteiger partial charge in [0, 0.05) is 13.1 Å². The topological polar surface area (TPSA) is 29.3 Å². The van der Waals surface area contributed by atoms with Crippen LogP contribution in [0.4, 0.5) is 0 Å². The molecule has 1 aromatic rings. The minimum atomic E-state index is 0. The van der Waals surface area contributed by atoms with Crippen LogP contribution in [0.25, 0.3) is 0 Å². The van der Waals surface area contributed by atoms with Crippen molar-refractivity contribution in [3.63, 3.8) is 0 Å². The molecular weight excluding hydrogens is 244 g/mol. The van der Waals surface area contributed by atoms with Crippen LogP contribution in [0.15, 0.2) is 24.3 Å². The lowest BCUT2D eigenvalue weighted by molar-refractivity contribution is 0.163. The lowest BCUT2D eigenvalue weighted by atomic mass is 9.94. The maximum atomic E-state index is 5.66. The van der Waals surface area contributed by atoms with E-state index in [2.05, 4.69) is 36.1 Å². The Balaban J connectivity index is 0.00000162. The van der Waals surface area contributed by atoms with E-state index >= 15 is 0 Å². The van der Waals surface area contributed by atoms with E-state index in [1.54, 1.807) is 0 Å². The Morgan fingerprint density at radius 2 is 2.00 bits per heavy atom. The van der Waals surface area contributed by atoms with E-state index in [1.165, 1.54) is 43.5 Å². The summed E-state index contributed by atoms with van der Waals surface area (Å²) in [4.78, 5) is 2.58. The van der Waals surface area contributed by atoms with Gasteiger partial charge in [0.15, 0.2) is 0 Å². The number of hydrogen-bond acceptors (Lipinski definition) is 2. The molecule has 0 radical (unpaired) electrons. The smallest absolute Gasteiger partial charge is 0.0233 e. The molecule has 0 bridgehead atoms. The number of aryl methyl sites for hydroxylation is 1. The fourth-order valence-electron chi connectivity index (χ4n) is 2.72. The summed E-state index contributed by atoms with van der Waals surface area (Å²) >= 11 is 0. The van der Waals surface area contributed by atoms with Crippen LogP contribution in [0.5, 0.6) is 0 Å². The minimum absolute atomic E-state index is 0. The number of nitrogens with zero attached hydrogens (tertiary/aromatic N) is 1. The zero-order chi connectivity index (χ0) is 12.1. The molecule has 1 unspecified atom stereocenters. The van der Waals surface area contributed by atoms with Gasteiger partial charge >= 0.3 is 0 Å². The summed E-state index contributed by atoms with van der Waals surface area (Å²) < 4.78 is 0. The molecule has 2 rings (SSSR count). The minimum Gasteiger partial charge on any atom is -0.330 e. The quantitative estimate of drug-likeness (QED) is 0.910. The summed E-state index contributed by atoms with van der Waals surface area (Å²) in [5.74, 6) is 0.819. The Kier molecular flexibility index (Phi) is 6.69. The van der Waals surface area contributed by atoms with Crippen LogP contribution >= 0.6 is 12.4 Å². The van der Waals surface area contributed by atoms with Gasteiger partial charge in [0.1, 0.15) is 0 Å². The van der Waals surface area contributed by atoms with Gasteiger partial charge in [-0.15, -0.1) is 12.4 Å². The fourth-order valence-corrected chi connectivity index (χ4v) is 2.72. The van der Waals surface area contributed by atoms with Crippen molar-refractivity contribution in [2.45, 2.75) is 32.7 Å². The SMILES string of the molecule is Cc1ccc(CN2CCCC(CCN)C2)cc1.Cl. The first-order valence-corrected chi connectivity index (χ1v) is 6.76. The molecule has 1 fully saturated rings. The number of rotatable bonds is 4. The van der Waals surface area contributed by atoms with Gasteiger partial charge < -0.3 is 5.73 Å². The van der Waals surface area contributed by atoms with Crippen molar-refractivity contribution in [1.29, 1.82) is 0 Å². The van der Waals surface area contributed by atoms with Gasteiger partial charge in [-0.1, -0.05) is 29.8 Å². The van der Waals surface area contributed by atoms with Crippen molar-refractivity contribution in [2.75, 3.05) is 19.6 Å². The van der Waals surface area contributed by atoms with Gasteiger partial charge in [-0.25, -0.2) is 0 Å². The third kappa shape index (κ3) is 4.60. The summed E-state index contributed by atoms with van der Waals surface area (Å²) in [6.45, 7) is 6.55. The Morgan fingerprint density at radius 1 is 1.28 bits per heavy atom. The Morgan fingerprint density at radius 3 is 2.67 bits per heavy atom. The normalized spacial score (nSPS) is 20.4. The van der Waals surface area contributed by atoms with Gasteiger partial charge in [0.2, 0.25) is 0 Å². The van der Waals surface area contributed by atoms with E-state index in [0.29, 0.717) is 0 Å². The standard InChI is InChI=1S/C15H24N2.ClH/c1-13-4-6-15(7-5-13)12-17-10-2-3-14(11-17)8-9-16;/h4-7,14H,2-3,8-12,16H2,1H3;1H. The first-order chi connectivity index (χ1) is 8.28. The van der Waals surface area contributed by atoms with Crippen LogP contribution in [-0.2, 0) is 6.54 Å². The molecule has 1 aromatic carbocycles. The third-order valence-corrected chi connectivity index (χ3v) is 3.70. The Labute approximate surface area is 117 Å². The summed E-state index contributed by atoms with van der Waals surface area (Å²) in [5, 5.41) is 0. The molecule has 1 saturated heterocycles. The van der Waals surface area contributed by atoms with E-state index in [9.17, 15) is 0 Å². The monoisotopic (exact) mass is 268 g/mol. The molecular formula is C15H25ClN2. The largest absolute Gasteiger partial charge is 0.330 e. The third-order valence-electron chi connectivity index (χ3n) is 3.70. The molecule has 2 nitrogen and oxygen atoms in total. The highest BCUT2D eigenvalue weighted by molar-refractivity contribution is 5.85. The molecule has 0 aromatic heterocycles. The van der Waals surface area contributed by atoms with Crippen LogP contribution in [0, 0.1) is 12.8 Å². The van der Waals surface area contributed by atoms with Crippen molar-refractivity contribution >= 4 is 12.4 Å². The first-order valence-electron chi connectivity index (χ1n) is 6.76. The summed E-state index contributed by atoms with van der Waals surface area (Å²) in [6.07, 6.45) is 3.88. The molecule has 0 aliphatic carbocycles. The Hall–Kier alpha value is -0.570. The fraction of sp³-hybridized carbons (Fsp3) is 0.600. The number of nitrogens with two attached hydrogens (primary N) is 1. The van der Waals surface area contributed by atoms with Gasteiger partial charge in [0.05, 0.1) is 0 Å². The highest BCUT2D eigenvalue weighted by atomic mass is 35.5. The molecule has 0 saturated carbocycles. The maximum absolute atomic E-state index is 5.66. The van der Waals surface area contributed by atoms with E-state index in [-0.39, 0.29) is 12.4 Å². The van der Waals surface area contributed by atoms with Crippen molar-refractivity contribution in [3.05, 3.63) is 35.4 Å². The predicted molar refractivity (Wildman–Crippen MR) is 80.1 cm³/mol. The maximum Gasteiger partial charge on any atom is 0.0233 e. The van der Waals surface area contributed by atoms with Gasteiger partial charge in [-0.2, -0.15) is 0 Å². The predicted octanol–water partition coefficient (Wildman–Crippen LogP) is 2.98. The number of halogens is 1. The van der Waals surface area contributed by atoms with E-state index in [4.69, 9.17) is 5.73 Å². The second-order valence-corrected chi connectivity index (χ2v) is 5.31. The molecule has 1 heterocycles. The van der Waals surface area contributed by atoms with Crippen LogP contribution in [0.3, 0.4) is 0 Å². The summed E-state index contributed by atoms with van der Waals surface area (Å²) in [7, 11) is 0. The lowest BCUT2D eigenvalue weighted by Crippen LogP contribution is -2.35. The second-order valence-electron chi connectivity index (χ2n) is 5.31. The molecule has 1 aliphatic rings. The van der Waals surface area contributed by atoms with Crippen LogP contribution in [0.2, 0.25) is 0 Å². The zero-order valence-electron chi connectivity index (χ0n) is 11.3.